The van der Waals surface area contributed by atoms with Crippen LogP contribution >= 0.6 is 0 Å². The Hall–Kier alpha value is -3.87. The first-order valence-corrected chi connectivity index (χ1v) is 10.2. The summed E-state index contributed by atoms with van der Waals surface area (Å²) in [4.78, 5) is 0. The molecule has 0 amide bonds. The molecule has 0 aliphatic carbocycles. The first-order valence-electron chi connectivity index (χ1n) is 10.2. The Morgan fingerprint density at radius 2 is 1.19 bits per heavy atom. The van der Waals surface area contributed by atoms with Gasteiger partial charge in [-0.25, -0.2) is 8.78 Å². The molecule has 0 bridgehead atoms. The third-order valence-electron chi connectivity index (χ3n) is 4.76. The Kier molecular flexibility index (Phi) is 7.59. The molecular formula is C28H21F2N. The third-order valence-corrected chi connectivity index (χ3v) is 4.76. The minimum Gasteiger partial charge on any atom is -0.205 e. The first-order chi connectivity index (χ1) is 15.1. The summed E-state index contributed by atoms with van der Waals surface area (Å²) in [6.07, 6.45) is 4.62. The van der Waals surface area contributed by atoms with Crippen molar-refractivity contribution in [3.63, 3.8) is 0 Å². The molecule has 3 heteroatoms. The zero-order chi connectivity index (χ0) is 22.1. The van der Waals surface area contributed by atoms with Crippen molar-refractivity contribution in [2.75, 3.05) is 0 Å². The quantitative estimate of drug-likeness (QED) is 0.363. The van der Waals surface area contributed by atoms with Gasteiger partial charge in [-0.1, -0.05) is 55.6 Å². The Balaban J connectivity index is 1.74. The van der Waals surface area contributed by atoms with Crippen LogP contribution in [0.2, 0.25) is 0 Å². The standard InChI is InChI=1S/C28H21F2N/c1-2-3-4-5-21-6-8-22(9-7-21)12-15-25-18-27(29)26(28(30)19-25)17-16-23-10-13-24(20-31)14-11-23/h6-11,13-14,18-19H,2-5H2,1H3. The molecule has 1 nitrogen and oxygen atoms in total. The first kappa shape index (κ1) is 21.8. The van der Waals surface area contributed by atoms with Crippen molar-refractivity contribution in [3.8, 4) is 29.8 Å². The summed E-state index contributed by atoms with van der Waals surface area (Å²) in [6.45, 7) is 2.18. The van der Waals surface area contributed by atoms with Crippen LogP contribution in [0.5, 0.6) is 0 Å². The number of benzene rings is 3. The number of nitriles is 1. The molecule has 0 aromatic heterocycles. The monoisotopic (exact) mass is 409 g/mol. The zero-order valence-corrected chi connectivity index (χ0v) is 17.3. The van der Waals surface area contributed by atoms with Crippen molar-refractivity contribution in [1.82, 2.24) is 0 Å². The van der Waals surface area contributed by atoms with Gasteiger partial charge in [0.15, 0.2) is 0 Å². The topological polar surface area (TPSA) is 23.8 Å². The van der Waals surface area contributed by atoms with Crippen molar-refractivity contribution in [3.05, 3.63) is 106 Å². The maximum absolute atomic E-state index is 14.4. The predicted molar refractivity (Wildman–Crippen MR) is 119 cm³/mol. The number of hydrogen-bond acceptors (Lipinski definition) is 1. The van der Waals surface area contributed by atoms with Gasteiger partial charge >= 0.3 is 0 Å². The minimum absolute atomic E-state index is 0.256. The lowest BCUT2D eigenvalue weighted by Gasteiger charge is -2.01. The van der Waals surface area contributed by atoms with Crippen molar-refractivity contribution < 1.29 is 8.78 Å². The van der Waals surface area contributed by atoms with E-state index in [2.05, 4.69) is 30.6 Å². The van der Waals surface area contributed by atoms with Gasteiger partial charge in [-0.2, -0.15) is 5.26 Å². The van der Waals surface area contributed by atoms with E-state index in [-0.39, 0.29) is 11.1 Å². The number of aryl methyl sites for hydroxylation is 1. The van der Waals surface area contributed by atoms with Gasteiger partial charge < -0.3 is 0 Å². The highest BCUT2D eigenvalue weighted by atomic mass is 19.1. The maximum Gasteiger partial charge on any atom is 0.143 e. The summed E-state index contributed by atoms with van der Waals surface area (Å²) in [5.41, 5.74) is 3.08. The van der Waals surface area contributed by atoms with Crippen molar-refractivity contribution in [2.24, 2.45) is 0 Å². The zero-order valence-electron chi connectivity index (χ0n) is 17.3. The van der Waals surface area contributed by atoms with E-state index in [1.807, 2.05) is 30.3 Å². The van der Waals surface area contributed by atoms with E-state index in [0.29, 0.717) is 11.1 Å². The molecule has 0 saturated heterocycles. The molecular weight excluding hydrogens is 388 g/mol. The molecule has 0 spiro atoms. The molecule has 152 valence electrons. The number of nitrogens with zero attached hydrogens (tertiary/aromatic N) is 1. The van der Waals surface area contributed by atoms with E-state index in [4.69, 9.17) is 5.26 Å². The summed E-state index contributed by atoms with van der Waals surface area (Å²) in [5, 5.41) is 8.81. The molecule has 0 aliphatic heterocycles. The number of rotatable bonds is 4. The molecule has 0 unspecified atom stereocenters. The van der Waals surface area contributed by atoms with Gasteiger partial charge in [0, 0.05) is 16.7 Å². The molecule has 31 heavy (non-hydrogen) atoms. The van der Waals surface area contributed by atoms with Crippen molar-refractivity contribution >= 4 is 0 Å². The lowest BCUT2D eigenvalue weighted by atomic mass is 10.1. The highest BCUT2D eigenvalue weighted by Gasteiger charge is 2.08. The average Bonchev–Trinajstić information content (AvgIpc) is 2.78. The van der Waals surface area contributed by atoms with Gasteiger partial charge in [0.1, 0.15) is 11.6 Å². The van der Waals surface area contributed by atoms with Gasteiger partial charge in [0.25, 0.3) is 0 Å². The Bertz CT molecular complexity index is 1190. The fourth-order valence-electron chi connectivity index (χ4n) is 3.01. The van der Waals surface area contributed by atoms with Crippen molar-refractivity contribution in [2.45, 2.75) is 32.6 Å². The summed E-state index contributed by atoms with van der Waals surface area (Å²) in [5.74, 6) is 9.52. The van der Waals surface area contributed by atoms with Gasteiger partial charge in [-0.3, -0.25) is 0 Å². The highest BCUT2D eigenvalue weighted by Crippen LogP contribution is 2.15. The SMILES string of the molecule is CCCCCc1ccc(C#Cc2cc(F)c(C#Cc3ccc(C#N)cc3)c(F)c2)cc1. The van der Waals surface area contributed by atoms with Crippen LogP contribution in [0.15, 0.2) is 60.7 Å². The van der Waals surface area contributed by atoms with E-state index >= 15 is 0 Å². The van der Waals surface area contributed by atoms with Crippen LogP contribution in [0, 0.1) is 46.6 Å². The van der Waals surface area contributed by atoms with E-state index in [9.17, 15) is 8.78 Å². The lowest BCUT2D eigenvalue weighted by Crippen LogP contribution is -1.92. The maximum atomic E-state index is 14.4. The molecule has 0 heterocycles. The van der Waals surface area contributed by atoms with Crippen LogP contribution in [0.25, 0.3) is 0 Å². The van der Waals surface area contributed by atoms with Gasteiger partial charge in [-0.05, 0) is 66.9 Å². The van der Waals surface area contributed by atoms with Gasteiger partial charge in [-0.15, -0.1) is 0 Å². The third kappa shape index (κ3) is 6.30. The Morgan fingerprint density at radius 1 is 0.677 bits per heavy atom. The van der Waals surface area contributed by atoms with Crippen LogP contribution < -0.4 is 0 Å². The van der Waals surface area contributed by atoms with E-state index in [0.717, 1.165) is 12.0 Å². The predicted octanol–water partition coefficient (Wildman–Crippen LogP) is 6.37. The molecule has 3 rings (SSSR count). The summed E-state index contributed by atoms with van der Waals surface area (Å²) in [7, 11) is 0. The summed E-state index contributed by atoms with van der Waals surface area (Å²) >= 11 is 0. The van der Waals surface area contributed by atoms with Crippen molar-refractivity contribution in [1.29, 1.82) is 5.26 Å². The summed E-state index contributed by atoms with van der Waals surface area (Å²) < 4.78 is 28.8. The summed E-state index contributed by atoms with van der Waals surface area (Å²) in [6, 6.07) is 18.8. The normalized spacial score (nSPS) is 9.74. The van der Waals surface area contributed by atoms with Gasteiger partial charge in [0.05, 0.1) is 17.2 Å². The molecule has 0 fully saturated rings. The molecule has 3 aromatic rings. The molecule has 0 saturated carbocycles. The second kappa shape index (κ2) is 10.8. The van der Waals surface area contributed by atoms with Crippen LogP contribution in [0.1, 0.15) is 59.6 Å². The molecule has 3 aromatic carbocycles. The van der Waals surface area contributed by atoms with Crippen LogP contribution in [0.3, 0.4) is 0 Å². The number of unbranched alkanes of at least 4 members (excludes halogenated alkanes) is 2. The van der Waals surface area contributed by atoms with E-state index in [1.54, 1.807) is 24.3 Å². The molecule has 0 aliphatic rings. The van der Waals surface area contributed by atoms with Crippen LogP contribution in [0.4, 0.5) is 8.78 Å². The lowest BCUT2D eigenvalue weighted by molar-refractivity contribution is 0.577. The minimum atomic E-state index is -0.753. The van der Waals surface area contributed by atoms with Gasteiger partial charge in [0.2, 0.25) is 0 Å². The Labute approximate surface area is 182 Å². The molecule has 0 N–H and O–H groups in total. The molecule has 0 atom stereocenters. The second-order valence-corrected chi connectivity index (χ2v) is 7.16. The van der Waals surface area contributed by atoms with E-state index < -0.39 is 11.6 Å². The van der Waals surface area contributed by atoms with E-state index in [1.165, 1.54) is 37.0 Å². The number of halogens is 2. The average molecular weight is 409 g/mol. The largest absolute Gasteiger partial charge is 0.205 e. The number of hydrogen-bond donors (Lipinski definition) is 0. The fraction of sp³-hybridized carbons (Fsp3) is 0.179. The smallest absolute Gasteiger partial charge is 0.143 e. The van der Waals surface area contributed by atoms with Crippen LogP contribution in [-0.4, -0.2) is 0 Å². The Morgan fingerprint density at radius 3 is 1.77 bits per heavy atom. The fourth-order valence-corrected chi connectivity index (χ4v) is 3.01. The second-order valence-electron chi connectivity index (χ2n) is 7.16. The molecule has 0 radical (unpaired) electrons. The highest BCUT2D eigenvalue weighted by molar-refractivity contribution is 5.50. The van der Waals surface area contributed by atoms with Crippen LogP contribution in [-0.2, 0) is 6.42 Å².